The molecule has 2 saturated heterocycles. The molecule has 0 aromatic rings. The Kier molecular flexibility index (Phi) is 46.0. The van der Waals surface area contributed by atoms with Gasteiger partial charge in [0, 0.05) is 19.3 Å². The molecule has 18 unspecified atom stereocenters. The molecule has 25 heteroatoms. The highest BCUT2D eigenvalue weighted by Gasteiger charge is 2.58. The number of unbranched alkanes of at least 4 members (excludes halogenated alkanes) is 34. The Bertz CT molecular complexity index is 1920. The number of ether oxygens (including phenoxy) is 7. The van der Waals surface area contributed by atoms with Crippen molar-refractivity contribution in [1.82, 2.24) is 0 Å². The molecule has 542 valence electrons. The number of hydrogen-bond acceptors (Lipinski definition) is 23. The molecule has 2 aliphatic heterocycles. The molecule has 3 rings (SSSR count). The van der Waals surface area contributed by atoms with E-state index < -0.39 is 156 Å². The predicted octanol–water partition coefficient (Wildman–Crippen LogP) is 8.62. The lowest BCUT2D eigenvalue weighted by Gasteiger charge is -2.49. The predicted molar refractivity (Wildman–Crippen MR) is 342 cm³/mol. The molecule has 0 radical (unpaired) electrons. The summed E-state index contributed by atoms with van der Waals surface area (Å²) in [7, 11) is -5.68. The monoisotopic (exact) mass is 1340 g/mol. The number of aliphatic hydroxyl groups excluding tert-OH is 10. The lowest BCUT2D eigenvalue weighted by molar-refractivity contribution is -0.360. The average molecular weight is 1350 g/mol. The number of phosphoric ester groups is 1. The van der Waals surface area contributed by atoms with Gasteiger partial charge in [-0.05, 0) is 19.3 Å². The molecule has 24 nitrogen and oxygen atoms in total. The van der Waals surface area contributed by atoms with E-state index in [0.717, 1.165) is 96.3 Å². The van der Waals surface area contributed by atoms with E-state index in [2.05, 4.69) is 20.8 Å². The highest BCUT2D eigenvalue weighted by Crippen LogP contribution is 2.49. The van der Waals surface area contributed by atoms with Gasteiger partial charge in [-0.15, -0.1) is 0 Å². The third-order valence-corrected chi connectivity index (χ3v) is 18.9. The van der Waals surface area contributed by atoms with Crippen LogP contribution in [0.3, 0.4) is 0 Å². The third kappa shape index (κ3) is 34.0. The molecule has 0 aromatic heterocycles. The van der Waals surface area contributed by atoms with Crippen molar-refractivity contribution in [3.05, 3.63) is 0 Å². The van der Waals surface area contributed by atoms with Crippen LogP contribution in [0.5, 0.6) is 0 Å². The van der Waals surface area contributed by atoms with Crippen molar-refractivity contribution < 1.29 is 117 Å². The number of hydrogen-bond donors (Lipinski definition) is 11. The van der Waals surface area contributed by atoms with Gasteiger partial charge in [-0.3, -0.25) is 23.4 Å². The first-order chi connectivity index (χ1) is 44.3. The van der Waals surface area contributed by atoms with Crippen LogP contribution in [0.15, 0.2) is 0 Å². The Morgan fingerprint density at radius 2 is 0.696 bits per heavy atom. The maximum Gasteiger partial charge on any atom is 0.472 e. The lowest BCUT2D eigenvalue weighted by atomic mass is 9.84. The van der Waals surface area contributed by atoms with Crippen LogP contribution in [0.25, 0.3) is 0 Å². The van der Waals surface area contributed by atoms with Gasteiger partial charge in [0.25, 0.3) is 0 Å². The highest BCUT2D eigenvalue weighted by atomic mass is 31.2. The number of carbonyl (C=O) groups is 3. The molecule has 1 saturated carbocycles. The van der Waals surface area contributed by atoms with Crippen LogP contribution in [-0.2, 0) is 61.2 Å². The second-order valence-corrected chi connectivity index (χ2v) is 27.4. The molecule has 92 heavy (non-hydrogen) atoms. The Morgan fingerprint density at radius 1 is 0.380 bits per heavy atom. The average Bonchev–Trinajstić information content (AvgIpc) is 0.773. The molecule has 11 N–H and O–H groups in total. The van der Waals surface area contributed by atoms with Crippen LogP contribution in [-0.4, -0.2) is 204 Å². The second kappa shape index (κ2) is 50.3. The summed E-state index contributed by atoms with van der Waals surface area (Å²) in [6.07, 6.45) is 4.85. The number of aliphatic hydroxyl groups is 10. The Balaban J connectivity index is 1.76. The minimum Gasteiger partial charge on any atom is -0.463 e. The standard InChI is InChI=1S/C67H125O24P/c1-4-7-10-13-16-19-22-25-28-30-33-36-39-42-52(70)84-47-50-55(73)57(75)62(80)67(88-50)90-64-60(78)58(76)59(77)63(89-66-61(79)56(74)54(72)49(44-68)87-66)65(64)91-92(81,82)85-46-48(86-53(71)43-40-37-34-31-27-24-21-18-15-12-9-6-3)45-83-51(69)41-38-35-32-29-26-23-20-17-14-11-8-5-2/h48-50,54-68,72-80H,4-47H2,1-3H3,(H,81,82). The molecule has 0 amide bonds. The molecule has 2 heterocycles. The van der Waals surface area contributed by atoms with Crippen LogP contribution in [0.4, 0.5) is 0 Å². The van der Waals surface area contributed by atoms with Crippen molar-refractivity contribution in [2.24, 2.45) is 0 Å². The quantitative estimate of drug-likeness (QED) is 0.0117. The van der Waals surface area contributed by atoms with E-state index in [9.17, 15) is 74.9 Å². The van der Waals surface area contributed by atoms with E-state index in [1.165, 1.54) is 122 Å². The van der Waals surface area contributed by atoms with Gasteiger partial charge >= 0.3 is 25.7 Å². The molecule has 0 bridgehead atoms. The summed E-state index contributed by atoms with van der Waals surface area (Å²) in [5, 5.41) is 110. The number of rotatable bonds is 55. The molecule has 0 spiro atoms. The topological polar surface area (TPSA) is 374 Å². The summed E-state index contributed by atoms with van der Waals surface area (Å²) in [5.41, 5.74) is 0. The maximum absolute atomic E-state index is 14.3. The van der Waals surface area contributed by atoms with E-state index in [1.54, 1.807) is 0 Å². The van der Waals surface area contributed by atoms with Crippen molar-refractivity contribution >= 4 is 25.7 Å². The zero-order valence-electron chi connectivity index (χ0n) is 56.1. The maximum atomic E-state index is 14.3. The zero-order chi connectivity index (χ0) is 67.5. The highest BCUT2D eigenvalue weighted by molar-refractivity contribution is 7.47. The fourth-order valence-electron chi connectivity index (χ4n) is 12.0. The normalized spacial score (nSPS) is 28.6. The summed E-state index contributed by atoms with van der Waals surface area (Å²) >= 11 is 0. The van der Waals surface area contributed by atoms with Crippen molar-refractivity contribution in [3.8, 4) is 0 Å². The van der Waals surface area contributed by atoms with Crippen molar-refractivity contribution in [1.29, 1.82) is 0 Å². The van der Waals surface area contributed by atoms with Crippen LogP contribution in [0.1, 0.15) is 278 Å². The van der Waals surface area contributed by atoms with E-state index in [0.29, 0.717) is 19.3 Å². The fraction of sp³-hybridized carbons (Fsp3) is 0.955. The fourth-order valence-corrected chi connectivity index (χ4v) is 13.0. The Hall–Kier alpha value is -2.04. The molecular weight excluding hydrogens is 1220 g/mol. The summed E-state index contributed by atoms with van der Waals surface area (Å²) in [4.78, 5) is 50.8. The molecular formula is C67H125O24P. The van der Waals surface area contributed by atoms with Crippen molar-refractivity contribution in [2.45, 2.75) is 382 Å². The molecule has 3 aliphatic rings. The second-order valence-electron chi connectivity index (χ2n) is 26.0. The Labute approximate surface area is 549 Å². The summed E-state index contributed by atoms with van der Waals surface area (Å²) < 4.78 is 64.8. The summed E-state index contributed by atoms with van der Waals surface area (Å²) in [5.74, 6) is -1.98. The summed E-state index contributed by atoms with van der Waals surface area (Å²) in [6.45, 7) is 3.42. The minimum atomic E-state index is -5.68. The summed E-state index contributed by atoms with van der Waals surface area (Å²) in [6, 6.07) is 0. The molecule has 1 aliphatic carbocycles. The van der Waals surface area contributed by atoms with E-state index in [1.807, 2.05) is 0 Å². The first kappa shape index (κ1) is 84.2. The third-order valence-electron chi connectivity index (χ3n) is 17.9. The molecule has 18 atom stereocenters. The van der Waals surface area contributed by atoms with Crippen LogP contribution < -0.4 is 0 Å². The lowest BCUT2D eigenvalue weighted by Crippen LogP contribution is -2.69. The largest absolute Gasteiger partial charge is 0.472 e. The van der Waals surface area contributed by atoms with Crippen molar-refractivity contribution in [3.63, 3.8) is 0 Å². The van der Waals surface area contributed by atoms with Gasteiger partial charge in [-0.25, -0.2) is 4.57 Å². The molecule has 3 fully saturated rings. The Morgan fingerprint density at radius 3 is 1.07 bits per heavy atom. The molecule has 0 aromatic carbocycles. The first-order valence-electron chi connectivity index (χ1n) is 35.8. The van der Waals surface area contributed by atoms with E-state index in [4.69, 9.17) is 42.2 Å². The SMILES string of the molecule is CCCCCCCCCCCCCCCC(=O)OCC1OC(OC2C(O)C(O)C(O)C(OC3OC(CO)C(O)C(O)C3O)C2OP(=O)(O)OCC(COC(=O)CCCCCCCCCCCCCC)OC(=O)CCCCCCCCCCCCCC)C(O)C(O)C1O. The van der Waals surface area contributed by atoms with Gasteiger partial charge in [0.15, 0.2) is 18.7 Å². The smallest absolute Gasteiger partial charge is 0.463 e. The van der Waals surface area contributed by atoms with Crippen LogP contribution in [0, 0.1) is 0 Å². The zero-order valence-corrected chi connectivity index (χ0v) is 57.0. The number of esters is 3. The van der Waals surface area contributed by atoms with Crippen LogP contribution >= 0.6 is 7.82 Å². The van der Waals surface area contributed by atoms with Gasteiger partial charge in [0.05, 0.1) is 13.2 Å². The van der Waals surface area contributed by atoms with Crippen LogP contribution in [0.2, 0.25) is 0 Å². The van der Waals surface area contributed by atoms with Gasteiger partial charge in [0.2, 0.25) is 0 Å². The first-order valence-corrected chi connectivity index (χ1v) is 37.3. The number of carbonyl (C=O) groups excluding carboxylic acids is 3. The number of phosphoric acid groups is 1. The van der Waals surface area contributed by atoms with E-state index in [-0.39, 0.29) is 19.3 Å². The van der Waals surface area contributed by atoms with Gasteiger partial charge < -0.3 is 89.1 Å². The minimum absolute atomic E-state index is 0.0333. The van der Waals surface area contributed by atoms with Gasteiger partial charge in [-0.1, -0.05) is 239 Å². The van der Waals surface area contributed by atoms with Crippen molar-refractivity contribution in [2.75, 3.05) is 26.4 Å². The van der Waals surface area contributed by atoms with Gasteiger partial charge in [0.1, 0.15) is 98.7 Å². The van der Waals surface area contributed by atoms with Gasteiger partial charge in [-0.2, -0.15) is 0 Å². The van der Waals surface area contributed by atoms with E-state index >= 15 is 0 Å².